The molecule has 0 saturated carbocycles. The summed E-state index contributed by atoms with van der Waals surface area (Å²) in [4.78, 5) is 23.9. The molecular formula is C19H19FN2O4. The molecule has 0 spiro atoms. The van der Waals surface area contributed by atoms with Gasteiger partial charge in [-0.1, -0.05) is 18.2 Å². The van der Waals surface area contributed by atoms with E-state index in [2.05, 4.69) is 10.6 Å². The van der Waals surface area contributed by atoms with Gasteiger partial charge >= 0.3 is 0 Å². The molecule has 26 heavy (non-hydrogen) atoms. The molecule has 0 aliphatic rings. The summed E-state index contributed by atoms with van der Waals surface area (Å²) in [5.74, 6) is -0.658. The predicted octanol–water partition coefficient (Wildman–Crippen LogP) is 2.96. The molecule has 0 radical (unpaired) electrons. The van der Waals surface area contributed by atoms with E-state index in [-0.39, 0.29) is 11.4 Å². The van der Waals surface area contributed by atoms with Crippen molar-refractivity contribution in [2.45, 2.75) is 6.92 Å². The van der Waals surface area contributed by atoms with Crippen LogP contribution in [0.25, 0.3) is 6.08 Å². The van der Waals surface area contributed by atoms with Gasteiger partial charge in [0.25, 0.3) is 5.91 Å². The van der Waals surface area contributed by atoms with Crippen molar-refractivity contribution in [3.63, 3.8) is 0 Å². The monoisotopic (exact) mass is 358 g/mol. The van der Waals surface area contributed by atoms with Crippen LogP contribution in [0.1, 0.15) is 12.5 Å². The van der Waals surface area contributed by atoms with Crippen molar-refractivity contribution < 1.29 is 23.5 Å². The van der Waals surface area contributed by atoms with Gasteiger partial charge in [-0.05, 0) is 35.9 Å². The van der Waals surface area contributed by atoms with Crippen LogP contribution < -0.4 is 20.1 Å². The van der Waals surface area contributed by atoms with E-state index in [9.17, 15) is 14.0 Å². The van der Waals surface area contributed by atoms with Gasteiger partial charge < -0.3 is 20.1 Å². The van der Waals surface area contributed by atoms with Gasteiger partial charge in [0.2, 0.25) is 5.91 Å². The normalized spacial score (nSPS) is 10.8. The number of hydrogen-bond donors (Lipinski definition) is 2. The van der Waals surface area contributed by atoms with Gasteiger partial charge in [-0.15, -0.1) is 0 Å². The summed E-state index contributed by atoms with van der Waals surface area (Å²) in [7, 11) is 3.00. The highest BCUT2D eigenvalue weighted by atomic mass is 19.1. The molecule has 0 aliphatic heterocycles. The fraction of sp³-hybridized carbons (Fsp3) is 0.158. The molecule has 0 fully saturated rings. The van der Waals surface area contributed by atoms with Gasteiger partial charge in [0, 0.05) is 6.92 Å². The van der Waals surface area contributed by atoms with Crippen molar-refractivity contribution >= 4 is 23.6 Å². The molecule has 0 bridgehead atoms. The number of carbonyl (C=O) groups is 2. The van der Waals surface area contributed by atoms with Crippen molar-refractivity contribution in [2.24, 2.45) is 0 Å². The summed E-state index contributed by atoms with van der Waals surface area (Å²) < 4.78 is 24.1. The summed E-state index contributed by atoms with van der Waals surface area (Å²) in [6.45, 7) is 1.28. The number of methoxy groups -OCH3 is 2. The number of rotatable bonds is 6. The van der Waals surface area contributed by atoms with Crippen LogP contribution in [0, 0.1) is 5.82 Å². The second-order valence-corrected chi connectivity index (χ2v) is 5.29. The predicted molar refractivity (Wildman–Crippen MR) is 96.4 cm³/mol. The summed E-state index contributed by atoms with van der Waals surface area (Å²) in [5.41, 5.74) is 0.573. The Morgan fingerprint density at radius 1 is 1.04 bits per heavy atom. The van der Waals surface area contributed by atoms with Crippen LogP contribution in [-0.2, 0) is 9.59 Å². The smallest absolute Gasteiger partial charge is 0.272 e. The van der Waals surface area contributed by atoms with E-state index in [1.807, 2.05) is 0 Å². The summed E-state index contributed by atoms with van der Waals surface area (Å²) in [5, 5.41) is 4.88. The molecule has 7 heteroatoms. The fourth-order valence-electron chi connectivity index (χ4n) is 2.21. The largest absolute Gasteiger partial charge is 0.493 e. The molecular weight excluding hydrogens is 339 g/mol. The van der Waals surface area contributed by atoms with Crippen LogP contribution in [0.15, 0.2) is 48.2 Å². The fourth-order valence-corrected chi connectivity index (χ4v) is 2.21. The SMILES string of the molecule is COc1ccc(C=C(NC(C)=O)C(=O)Nc2ccccc2F)cc1OC. The second-order valence-electron chi connectivity index (χ2n) is 5.29. The number of amides is 2. The number of ether oxygens (including phenoxy) is 2. The lowest BCUT2D eigenvalue weighted by Crippen LogP contribution is -2.29. The molecule has 2 N–H and O–H groups in total. The number of nitrogens with one attached hydrogen (secondary N) is 2. The van der Waals surface area contributed by atoms with Crippen LogP contribution in [0.3, 0.4) is 0 Å². The molecule has 6 nitrogen and oxygen atoms in total. The van der Waals surface area contributed by atoms with Crippen molar-refractivity contribution in [3.8, 4) is 11.5 Å². The zero-order chi connectivity index (χ0) is 19.1. The third-order valence-electron chi connectivity index (χ3n) is 3.40. The van der Waals surface area contributed by atoms with Gasteiger partial charge in [0.1, 0.15) is 11.5 Å². The number of halogens is 1. The molecule has 2 rings (SSSR count). The first-order chi connectivity index (χ1) is 12.4. The van der Waals surface area contributed by atoms with Crippen LogP contribution in [-0.4, -0.2) is 26.0 Å². The zero-order valence-corrected chi connectivity index (χ0v) is 14.6. The molecule has 2 amide bonds. The van der Waals surface area contributed by atoms with Crippen molar-refractivity contribution in [3.05, 3.63) is 59.5 Å². The molecule has 0 aliphatic carbocycles. The molecule has 2 aromatic rings. The maximum Gasteiger partial charge on any atom is 0.272 e. The van der Waals surface area contributed by atoms with E-state index in [1.165, 1.54) is 45.4 Å². The van der Waals surface area contributed by atoms with Gasteiger partial charge in [-0.2, -0.15) is 0 Å². The zero-order valence-electron chi connectivity index (χ0n) is 14.6. The Bertz CT molecular complexity index is 849. The Balaban J connectivity index is 2.34. The highest BCUT2D eigenvalue weighted by molar-refractivity contribution is 6.08. The first-order valence-corrected chi connectivity index (χ1v) is 7.71. The first-order valence-electron chi connectivity index (χ1n) is 7.71. The number of carbonyl (C=O) groups excluding carboxylic acids is 2. The van der Waals surface area contributed by atoms with Crippen LogP contribution in [0.5, 0.6) is 11.5 Å². The van der Waals surface area contributed by atoms with Gasteiger partial charge in [-0.25, -0.2) is 4.39 Å². The minimum Gasteiger partial charge on any atom is -0.493 e. The maximum absolute atomic E-state index is 13.7. The lowest BCUT2D eigenvalue weighted by atomic mass is 10.1. The van der Waals surface area contributed by atoms with E-state index in [0.29, 0.717) is 17.1 Å². The van der Waals surface area contributed by atoms with Gasteiger partial charge in [-0.3, -0.25) is 9.59 Å². The second kappa shape index (κ2) is 8.66. The summed E-state index contributed by atoms with van der Waals surface area (Å²) in [6.07, 6.45) is 1.46. The minimum atomic E-state index is -0.653. The lowest BCUT2D eigenvalue weighted by Gasteiger charge is -2.11. The Morgan fingerprint density at radius 3 is 2.35 bits per heavy atom. The Morgan fingerprint density at radius 2 is 1.73 bits per heavy atom. The van der Waals surface area contributed by atoms with Crippen LogP contribution in [0.4, 0.5) is 10.1 Å². The standard InChI is InChI=1S/C19H19FN2O4/c1-12(23)21-16(19(24)22-15-7-5-4-6-14(15)20)10-13-8-9-17(25-2)18(11-13)26-3/h4-11H,1-3H3,(H,21,23)(H,22,24). The highest BCUT2D eigenvalue weighted by Crippen LogP contribution is 2.28. The Hall–Kier alpha value is -3.35. The average Bonchev–Trinajstić information content (AvgIpc) is 2.62. The molecule has 0 saturated heterocycles. The van der Waals surface area contributed by atoms with Crippen molar-refractivity contribution in [1.29, 1.82) is 0 Å². The van der Waals surface area contributed by atoms with Gasteiger partial charge in [0.15, 0.2) is 11.5 Å². The van der Waals surface area contributed by atoms with Crippen molar-refractivity contribution in [2.75, 3.05) is 19.5 Å². The number of anilines is 1. The molecule has 2 aromatic carbocycles. The summed E-state index contributed by atoms with van der Waals surface area (Å²) >= 11 is 0. The summed E-state index contributed by atoms with van der Waals surface area (Å²) in [6, 6.07) is 10.8. The van der Waals surface area contributed by atoms with E-state index in [4.69, 9.17) is 9.47 Å². The Kier molecular flexibility index (Phi) is 6.32. The molecule has 136 valence electrons. The van der Waals surface area contributed by atoms with E-state index in [0.717, 1.165) is 0 Å². The first kappa shape index (κ1) is 19.0. The highest BCUT2D eigenvalue weighted by Gasteiger charge is 2.14. The quantitative estimate of drug-likeness (QED) is 0.779. The van der Waals surface area contributed by atoms with E-state index in [1.54, 1.807) is 24.3 Å². The number of para-hydroxylation sites is 1. The average molecular weight is 358 g/mol. The molecule has 0 unspecified atom stereocenters. The van der Waals surface area contributed by atoms with Gasteiger partial charge in [0.05, 0.1) is 19.9 Å². The van der Waals surface area contributed by atoms with Crippen molar-refractivity contribution in [1.82, 2.24) is 5.32 Å². The van der Waals surface area contributed by atoms with Crippen LogP contribution in [0.2, 0.25) is 0 Å². The van der Waals surface area contributed by atoms with Crippen LogP contribution >= 0.6 is 0 Å². The topological polar surface area (TPSA) is 76.7 Å². The minimum absolute atomic E-state index is 0.0149. The number of benzene rings is 2. The van der Waals surface area contributed by atoms with E-state index >= 15 is 0 Å². The molecule has 0 aromatic heterocycles. The third-order valence-corrected chi connectivity index (χ3v) is 3.40. The molecule has 0 atom stereocenters. The van der Waals surface area contributed by atoms with E-state index < -0.39 is 17.6 Å². The third kappa shape index (κ3) is 4.83. The lowest BCUT2D eigenvalue weighted by molar-refractivity contribution is -0.120. The molecule has 0 heterocycles. The maximum atomic E-state index is 13.7. The number of hydrogen-bond acceptors (Lipinski definition) is 4. The Labute approximate surface area is 150 Å².